The molecule has 0 spiro atoms. The number of ketones is 1. The van der Waals surface area contributed by atoms with Crippen LogP contribution in [0.3, 0.4) is 0 Å². The Morgan fingerprint density at radius 3 is 2.14 bits per heavy atom. The number of para-hydroxylation sites is 1. The van der Waals surface area contributed by atoms with Crippen molar-refractivity contribution in [3.8, 4) is 17.2 Å². The van der Waals surface area contributed by atoms with E-state index >= 15 is 0 Å². The van der Waals surface area contributed by atoms with Gasteiger partial charge in [0.1, 0.15) is 0 Å². The third-order valence-electron chi connectivity index (χ3n) is 6.92. The minimum Gasteiger partial charge on any atom is -0.493 e. The zero-order valence-corrected chi connectivity index (χ0v) is 24.9. The lowest BCUT2D eigenvalue weighted by Crippen LogP contribution is -2.37. The standard InChI is InChI=1S/C26H31N3O7.C7H8/c1-34-22-11-16(12-23(35-2)25(22)36-3)7-6-8-17(13-24(31)29-33)26(32)28-15-21(30)19-14-27-20-10-5-4-9-18(19)20;1-7-5-3-2-4-6-7/h4-5,9-12,14,17,27,33H,6-8,13,15H2,1-3H3,(H,28,32)(H,29,31);2-6H,1H3/t17-;/m1./s1. The highest BCUT2D eigenvalue weighted by Crippen LogP contribution is 2.38. The molecule has 4 aromatic rings. The molecule has 0 saturated carbocycles. The number of nitrogens with one attached hydrogen (secondary N) is 3. The lowest BCUT2D eigenvalue weighted by atomic mass is 9.95. The molecule has 0 fully saturated rings. The SMILES string of the molecule is COc1cc(CCC[C@H](CC(=O)NO)C(=O)NCC(=O)c2c[nH]c3ccccc23)cc(OC)c1OC.Cc1ccccc1. The van der Waals surface area contributed by atoms with E-state index in [0.29, 0.717) is 42.1 Å². The van der Waals surface area contributed by atoms with Crippen molar-refractivity contribution in [3.05, 3.63) is 89.6 Å². The first-order valence-electron chi connectivity index (χ1n) is 13.9. The second kappa shape index (κ2) is 16.6. The Balaban J connectivity index is 0.000000633. The highest BCUT2D eigenvalue weighted by Gasteiger charge is 2.23. The number of H-pyrrole nitrogens is 1. The average Bonchev–Trinajstić information content (AvgIpc) is 3.47. The van der Waals surface area contributed by atoms with Crippen LogP contribution in [0.15, 0.2) is 72.9 Å². The monoisotopic (exact) mass is 589 g/mol. The molecule has 1 heterocycles. The van der Waals surface area contributed by atoms with Crippen molar-refractivity contribution in [3.63, 3.8) is 0 Å². The number of methoxy groups -OCH3 is 3. The third kappa shape index (κ3) is 9.34. The van der Waals surface area contributed by atoms with Gasteiger partial charge in [-0.25, -0.2) is 5.48 Å². The van der Waals surface area contributed by atoms with Gasteiger partial charge in [-0.3, -0.25) is 19.6 Å². The second-order valence-electron chi connectivity index (χ2n) is 9.91. The van der Waals surface area contributed by atoms with Crippen LogP contribution in [-0.2, 0) is 16.0 Å². The minimum absolute atomic E-state index is 0.204. The van der Waals surface area contributed by atoms with Gasteiger partial charge in [-0.1, -0.05) is 54.1 Å². The van der Waals surface area contributed by atoms with Crippen LogP contribution in [0, 0.1) is 12.8 Å². The molecule has 10 nitrogen and oxygen atoms in total. The fourth-order valence-corrected chi connectivity index (χ4v) is 4.67. The first-order valence-corrected chi connectivity index (χ1v) is 13.9. The van der Waals surface area contributed by atoms with E-state index in [1.807, 2.05) is 54.6 Å². The molecule has 0 saturated heterocycles. The van der Waals surface area contributed by atoms with Crippen LogP contribution in [-0.4, -0.2) is 55.7 Å². The van der Waals surface area contributed by atoms with Crippen molar-refractivity contribution in [2.24, 2.45) is 5.92 Å². The van der Waals surface area contributed by atoms with E-state index in [1.165, 1.54) is 26.9 Å². The fourth-order valence-electron chi connectivity index (χ4n) is 4.67. The Hall–Kier alpha value is -4.83. The Labute approximate surface area is 251 Å². The molecule has 4 rings (SSSR count). The van der Waals surface area contributed by atoms with Crippen LogP contribution in [0.25, 0.3) is 10.9 Å². The van der Waals surface area contributed by atoms with Gasteiger partial charge in [0.05, 0.1) is 27.9 Å². The first-order chi connectivity index (χ1) is 20.8. The molecular weight excluding hydrogens is 550 g/mol. The summed E-state index contributed by atoms with van der Waals surface area (Å²) in [7, 11) is 4.60. The summed E-state index contributed by atoms with van der Waals surface area (Å²) in [5.41, 5.74) is 5.11. The molecule has 4 N–H and O–H groups in total. The number of hydroxylamine groups is 1. The third-order valence-corrected chi connectivity index (χ3v) is 6.92. The number of amides is 2. The largest absolute Gasteiger partial charge is 0.493 e. The van der Waals surface area contributed by atoms with E-state index in [9.17, 15) is 14.4 Å². The number of aromatic amines is 1. The van der Waals surface area contributed by atoms with E-state index < -0.39 is 17.7 Å². The molecule has 0 aliphatic carbocycles. The molecule has 1 atom stereocenters. The molecule has 2 amide bonds. The van der Waals surface area contributed by atoms with Crippen LogP contribution in [0.1, 0.15) is 40.7 Å². The molecule has 3 aromatic carbocycles. The van der Waals surface area contributed by atoms with Gasteiger partial charge < -0.3 is 24.5 Å². The van der Waals surface area contributed by atoms with Gasteiger partial charge in [0.2, 0.25) is 17.6 Å². The van der Waals surface area contributed by atoms with Crippen molar-refractivity contribution in [1.82, 2.24) is 15.8 Å². The Kier molecular flexibility index (Phi) is 12.6. The molecule has 10 heteroatoms. The minimum atomic E-state index is -0.727. The number of carbonyl (C=O) groups excluding carboxylic acids is 3. The number of benzene rings is 3. The van der Waals surface area contributed by atoms with E-state index in [1.54, 1.807) is 11.7 Å². The molecule has 0 aliphatic rings. The summed E-state index contributed by atoms with van der Waals surface area (Å²) in [6, 6.07) is 21.3. The van der Waals surface area contributed by atoms with E-state index in [2.05, 4.69) is 29.4 Å². The molecule has 0 radical (unpaired) electrons. The summed E-state index contributed by atoms with van der Waals surface area (Å²) in [6.07, 6.45) is 2.91. The lowest BCUT2D eigenvalue weighted by Gasteiger charge is -2.17. The molecule has 0 aliphatic heterocycles. The van der Waals surface area contributed by atoms with Crippen molar-refractivity contribution in [1.29, 1.82) is 0 Å². The first kappa shape index (κ1) is 32.7. The van der Waals surface area contributed by atoms with E-state index in [-0.39, 0.29) is 18.7 Å². The Morgan fingerprint density at radius 1 is 0.907 bits per heavy atom. The Morgan fingerprint density at radius 2 is 1.56 bits per heavy atom. The average molecular weight is 590 g/mol. The summed E-state index contributed by atoms with van der Waals surface area (Å²) >= 11 is 0. The van der Waals surface area contributed by atoms with Crippen molar-refractivity contribution in [2.75, 3.05) is 27.9 Å². The summed E-state index contributed by atoms with van der Waals surface area (Å²) < 4.78 is 16.1. The van der Waals surface area contributed by atoms with Gasteiger partial charge in [-0.05, 0) is 49.9 Å². The maximum absolute atomic E-state index is 12.9. The summed E-state index contributed by atoms with van der Waals surface area (Å²) in [5.74, 6) is -0.546. The van der Waals surface area contributed by atoms with Gasteiger partial charge in [0.15, 0.2) is 17.3 Å². The van der Waals surface area contributed by atoms with Gasteiger partial charge in [-0.2, -0.15) is 0 Å². The predicted octanol–water partition coefficient (Wildman–Crippen LogP) is 5.02. The summed E-state index contributed by atoms with van der Waals surface area (Å²) in [4.78, 5) is 40.4. The number of aryl methyl sites for hydroxylation is 2. The van der Waals surface area contributed by atoms with Crippen molar-refractivity contribution in [2.45, 2.75) is 32.6 Å². The van der Waals surface area contributed by atoms with Crippen LogP contribution >= 0.6 is 0 Å². The number of fused-ring (bicyclic) bond motifs is 1. The normalized spacial score (nSPS) is 11.1. The van der Waals surface area contributed by atoms with Crippen molar-refractivity contribution < 1.29 is 33.8 Å². The number of carbonyl (C=O) groups is 3. The number of hydrogen-bond acceptors (Lipinski definition) is 7. The number of hydrogen-bond donors (Lipinski definition) is 4. The van der Waals surface area contributed by atoms with Gasteiger partial charge >= 0.3 is 0 Å². The van der Waals surface area contributed by atoms with Crippen LogP contribution < -0.4 is 25.0 Å². The molecule has 0 unspecified atom stereocenters. The quantitative estimate of drug-likeness (QED) is 0.0975. The highest BCUT2D eigenvalue weighted by atomic mass is 16.5. The van der Waals surface area contributed by atoms with Gasteiger partial charge in [-0.15, -0.1) is 0 Å². The van der Waals surface area contributed by atoms with E-state index in [4.69, 9.17) is 19.4 Å². The predicted molar refractivity (Wildman–Crippen MR) is 164 cm³/mol. The lowest BCUT2D eigenvalue weighted by molar-refractivity contribution is -0.134. The molecule has 0 bridgehead atoms. The fraction of sp³-hybridized carbons (Fsp3) is 0.303. The molecular formula is C33H39N3O7. The Bertz CT molecular complexity index is 1480. The smallest absolute Gasteiger partial charge is 0.244 e. The highest BCUT2D eigenvalue weighted by molar-refractivity contribution is 6.09. The topological polar surface area (TPSA) is 139 Å². The molecule has 228 valence electrons. The number of rotatable bonds is 13. The zero-order chi connectivity index (χ0) is 31.2. The second-order valence-corrected chi connectivity index (χ2v) is 9.91. The van der Waals surface area contributed by atoms with Gasteiger partial charge in [0, 0.05) is 35.0 Å². The van der Waals surface area contributed by atoms with Crippen LogP contribution in [0.5, 0.6) is 17.2 Å². The molecule has 1 aromatic heterocycles. The number of ether oxygens (including phenoxy) is 3. The summed E-state index contributed by atoms with van der Waals surface area (Å²) in [6.45, 7) is 1.88. The summed E-state index contributed by atoms with van der Waals surface area (Å²) in [5, 5.41) is 12.4. The number of aromatic nitrogens is 1. The van der Waals surface area contributed by atoms with Crippen molar-refractivity contribution >= 4 is 28.5 Å². The van der Waals surface area contributed by atoms with Gasteiger partial charge in [0.25, 0.3) is 0 Å². The molecule has 43 heavy (non-hydrogen) atoms. The van der Waals surface area contributed by atoms with Crippen LogP contribution in [0.2, 0.25) is 0 Å². The zero-order valence-electron chi connectivity index (χ0n) is 24.9. The number of Topliss-reactive ketones (excluding diaryl/α,β-unsaturated/α-hetero) is 1. The maximum atomic E-state index is 12.9. The van der Waals surface area contributed by atoms with E-state index in [0.717, 1.165) is 16.5 Å². The maximum Gasteiger partial charge on any atom is 0.244 e. The van der Waals surface area contributed by atoms with Crippen LogP contribution in [0.4, 0.5) is 0 Å².